The van der Waals surface area contributed by atoms with Gasteiger partial charge in [-0.1, -0.05) is 41.4 Å². The number of hydrogen-bond acceptors (Lipinski definition) is 2. The first-order valence-electron chi connectivity index (χ1n) is 8.70. The number of fused-ring (bicyclic) bond motifs is 1. The minimum absolute atomic E-state index is 0.0740. The third kappa shape index (κ3) is 2.95. The number of carbonyl (C=O) groups is 1. The third-order valence-electron chi connectivity index (χ3n) is 4.93. The van der Waals surface area contributed by atoms with Gasteiger partial charge in [0.05, 0.1) is 21.8 Å². The van der Waals surface area contributed by atoms with Gasteiger partial charge in [-0.3, -0.25) is 4.79 Å². The van der Waals surface area contributed by atoms with Gasteiger partial charge in [0.2, 0.25) is 0 Å². The quantitative estimate of drug-likeness (QED) is 0.563. The lowest BCUT2D eigenvalue weighted by Crippen LogP contribution is -2.28. The maximum Gasteiger partial charge on any atom is 0.254 e. The number of para-hydroxylation sites is 1. The van der Waals surface area contributed by atoms with Crippen LogP contribution in [0.4, 0.5) is 0 Å². The largest absolute Gasteiger partial charge is 0.339 e. The highest BCUT2D eigenvalue weighted by Crippen LogP contribution is 2.35. The van der Waals surface area contributed by atoms with Crippen LogP contribution < -0.4 is 0 Å². The molecule has 0 unspecified atom stereocenters. The fourth-order valence-electron chi connectivity index (χ4n) is 3.60. The Hall–Kier alpha value is -2.10. The summed E-state index contributed by atoms with van der Waals surface area (Å²) in [6, 6.07) is 13.1. The van der Waals surface area contributed by atoms with Gasteiger partial charge in [-0.15, -0.1) is 0 Å². The van der Waals surface area contributed by atoms with Gasteiger partial charge in [0.1, 0.15) is 0 Å². The molecule has 2 heterocycles. The Kier molecular flexibility index (Phi) is 4.60. The summed E-state index contributed by atoms with van der Waals surface area (Å²) in [5, 5.41) is 1.99. The van der Waals surface area contributed by atoms with Crippen molar-refractivity contribution in [3.63, 3.8) is 0 Å². The molecule has 132 valence electrons. The molecule has 2 aromatic carbocycles. The normalized spacial score (nSPS) is 14.2. The van der Waals surface area contributed by atoms with Crippen molar-refractivity contribution in [1.29, 1.82) is 0 Å². The lowest BCUT2D eigenvalue weighted by Gasteiger charge is -2.20. The van der Waals surface area contributed by atoms with Crippen LogP contribution in [0.5, 0.6) is 0 Å². The Labute approximate surface area is 162 Å². The standard InChI is InChI=1S/C21H18Cl2N2O/c1-13-19(21(26)25-10-4-5-11-25)16-6-2-3-7-18(16)24-20(13)15-9-8-14(22)12-17(15)23/h2-3,6-9,12H,4-5,10-11H2,1H3. The zero-order valence-electron chi connectivity index (χ0n) is 14.4. The Morgan fingerprint density at radius 1 is 1.08 bits per heavy atom. The number of nitrogens with zero attached hydrogens (tertiary/aromatic N) is 2. The summed E-state index contributed by atoms with van der Waals surface area (Å²) in [5.74, 6) is 0.0740. The first-order chi connectivity index (χ1) is 12.6. The van der Waals surface area contributed by atoms with Crippen molar-refractivity contribution in [2.45, 2.75) is 19.8 Å². The summed E-state index contributed by atoms with van der Waals surface area (Å²) in [7, 11) is 0. The van der Waals surface area contributed by atoms with Crippen LogP contribution in [0.3, 0.4) is 0 Å². The van der Waals surface area contributed by atoms with E-state index >= 15 is 0 Å². The Morgan fingerprint density at radius 3 is 2.54 bits per heavy atom. The van der Waals surface area contributed by atoms with Gasteiger partial charge in [-0.25, -0.2) is 4.98 Å². The number of halogens is 2. The molecule has 0 radical (unpaired) electrons. The van der Waals surface area contributed by atoms with E-state index in [1.807, 2.05) is 42.2 Å². The zero-order chi connectivity index (χ0) is 18.3. The van der Waals surface area contributed by atoms with Crippen LogP contribution >= 0.6 is 23.2 Å². The highest BCUT2D eigenvalue weighted by atomic mass is 35.5. The van der Waals surface area contributed by atoms with Crippen LogP contribution in [0.15, 0.2) is 42.5 Å². The molecule has 1 amide bonds. The molecular formula is C21H18Cl2N2O. The molecule has 1 aromatic heterocycles. The SMILES string of the molecule is Cc1c(-c2ccc(Cl)cc2Cl)nc2ccccc2c1C(=O)N1CCCC1. The molecule has 1 saturated heterocycles. The van der Waals surface area contributed by atoms with Crippen molar-refractivity contribution in [2.75, 3.05) is 13.1 Å². The number of amides is 1. The van der Waals surface area contributed by atoms with Crippen molar-refractivity contribution in [1.82, 2.24) is 9.88 Å². The Bertz CT molecular complexity index is 1010. The molecule has 0 N–H and O–H groups in total. The molecule has 0 atom stereocenters. The number of benzene rings is 2. The Balaban J connectivity index is 1.97. The van der Waals surface area contributed by atoms with E-state index in [1.54, 1.807) is 12.1 Å². The molecule has 1 fully saturated rings. The number of carbonyl (C=O) groups excluding carboxylic acids is 1. The average Bonchev–Trinajstić information content (AvgIpc) is 3.16. The topological polar surface area (TPSA) is 33.2 Å². The van der Waals surface area contributed by atoms with Crippen molar-refractivity contribution < 1.29 is 4.79 Å². The highest BCUT2D eigenvalue weighted by Gasteiger charge is 2.25. The second-order valence-corrected chi connectivity index (χ2v) is 7.44. The minimum Gasteiger partial charge on any atom is -0.339 e. The number of hydrogen-bond donors (Lipinski definition) is 0. The van der Waals surface area contributed by atoms with Gasteiger partial charge < -0.3 is 4.90 Å². The van der Waals surface area contributed by atoms with Crippen molar-refractivity contribution >= 4 is 40.0 Å². The fourth-order valence-corrected chi connectivity index (χ4v) is 4.10. The van der Waals surface area contributed by atoms with Gasteiger partial charge in [0, 0.05) is 29.1 Å². The van der Waals surface area contributed by atoms with E-state index in [1.165, 1.54) is 0 Å². The molecule has 0 saturated carbocycles. The van der Waals surface area contributed by atoms with Gasteiger partial charge in [0.25, 0.3) is 5.91 Å². The van der Waals surface area contributed by atoms with Gasteiger partial charge >= 0.3 is 0 Å². The van der Waals surface area contributed by atoms with Gasteiger partial charge in [-0.05, 0) is 49.6 Å². The van der Waals surface area contributed by atoms with Crippen LogP contribution in [0.25, 0.3) is 22.2 Å². The minimum atomic E-state index is 0.0740. The first-order valence-corrected chi connectivity index (χ1v) is 9.46. The first kappa shape index (κ1) is 17.3. The molecule has 0 aliphatic carbocycles. The van der Waals surface area contributed by atoms with Crippen molar-refractivity contribution in [3.8, 4) is 11.3 Å². The molecule has 1 aliphatic rings. The zero-order valence-corrected chi connectivity index (χ0v) is 15.9. The maximum atomic E-state index is 13.2. The van der Waals surface area contributed by atoms with Crippen molar-refractivity contribution in [3.05, 3.63) is 63.6 Å². The van der Waals surface area contributed by atoms with E-state index in [2.05, 4.69) is 0 Å². The molecule has 1 aliphatic heterocycles. The molecule has 3 nitrogen and oxygen atoms in total. The van der Waals surface area contributed by atoms with E-state index in [-0.39, 0.29) is 5.91 Å². The molecule has 5 heteroatoms. The lowest BCUT2D eigenvalue weighted by atomic mass is 9.97. The van der Waals surface area contributed by atoms with Crippen LogP contribution in [-0.4, -0.2) is 28.9 Å². The number of likely N-dealkylation sites (tertiary alicyclic amines) is 1. The second kappa shape index (κ2) is 6.90. The fraction of sp³-hybridized carbons (Fsp3) is 0.238. The van der Waals surface area contributed by atoms with Crippen molar-refractivity contribution in [2.24, 2.45) is 0 Å². The summed E-state index contributed by atoms with van der Waals surface area (Å²) in [5.41, 5.74) is 3.88. The van der Waals surface area contributed by atoms with Crippen LogP contribution in [0.2, 0.25) is 10.0 Å². The van der Waals surface area contributed by atoms with Gasteiger partial charge in [0.15, 0.2) is 0 Å². The van der Waals surface area contributed by atoms with E-state index in [0.29, 0.717) is 10.0 Å². The second-order valence-electron chi connectivity index (χ2n) is 6.60. The number of aromatic nitrogens is 1. The van der Waals surface area contributed by atoms with E-state index in [9.17, 15) is 4.79 Å². The van der Waals surface area contributed by atoms with E-state index in [0.717, 1.165) is 59.2 Å². The highest BCUT2D eigenvalue weighted by molar-refractivity contribution is 6.36. The van der Waals surface area contributed by atoms with Crippen LogP contribution in [0.1, 0.15) is 28.8 Å². The molecular weight excluding hydrogens is 367 g/mol. The number of rotatable bonds is 2. The summed E-state index contributed by atoms with van der Waals surface area (Å²) in [4.78, 5) is 20.0. The van der Waals surface area contributed by atoms with Crippen LogP contribution in [0, 0.1) is 6.92 Å². The summed E-state index contributed by atoms with van der Waals surface area (Å²) in [6.45, 7) is 3.57. The molecule has 3 aromatic rings. The summed E-state index contributed by atoms with van der Waals surface area (Å²) in [6.07, 6.45) is 2.12. The molecule has 26 heavy (non-hydrogen) atoms. The van der Waals surface area contributed by atoms with Gasteiger partial charge in [-0.2, -0.15) is 0 Å². The molecule has 4 rings (SSSR count). The predicted molar refractivity (Wildman–Crippen MR) is 107 cm³/mol. The lowest BCUT2D eigenvalue weighted by molar-refractivity contribution is 0.0794. The van der Waals surface area contributed by atoms with Crippen LogP contribution in [-0.2, 0) is 0 Å². The summed E-state index contributed by atoms with van der Waals surface area (Å²) < 4.78 is 0. The van der Waals surface area contributed by atoms with E-state index < -0.39 is 0 Å². The predicted octanol–water partition coefficient (Wildman–Crippen LogP) is 5.75. The smallest absolute Gasteiger partial charge is 0.254 e. The molecule has 0 spiro atoms. The van der Waals surface area contributed by atoms with E-state index in [4.69, 9.17) is 28.2 Å². The Morgan fingerprint density at radius 2 is 1.81 bits per heavy atom. The average molecular weight is 385 g/mol. The third-order valence-corrected chi connectivity index (χ3v) is 5.48. The summed E-state index contributed by atoms with van der Waals surface area (Å²) >= 11 is 12.5. The number of pyridine rings is 1. The maximum absolute atomic E-state index is 13.2. The monoisotopic (exact) mass is 384 g/mol. The molecule has 0 bridgehead atoms.